The number of phenols is 2. The number of amides is 1. The SMILES string of the molecule is CC12C[C@@]34C=CC(=O)C(C)(CCC(=O)Nc5c(O)ccc(C(=O)O)c5O)C3C(CC1C4)O2. The van der Waals surface area contributed by atoms with Crippen LogP contribution in [0.25, 0.3) is 0 Å². The van der Waals surface area contributed by atoms with Gasteiger partial charge in [-0.25, -0.2) is 4.79 Å². The Morgan fingerprint density at radius 1 is 1.25 bits per heavy atom. The zero-order valence-electron chi connectivity index (χ0n) is 18.1. The number of aromatic hydroxyl groups is 2. The van der Waals surface area contributed by atoms with E-state index >= 15 is 0 Å². The van der Waals surface area contributed by atoms with Crippen molar-refractivity contribution >= 4 is 23.3 Å². The van der Waals surface area contributed by atoms with E-state index in [1.807, 2.05) is 6.92 Å². The molecular weight excluding hydrogens is 414 g/mol. The first-order chi connectivity index (χ1) is 15.0. The lowest BCUT2D eigenvalue weighted by molar-refractivity contribution is -0.169. The monoisotopic (exact) mass is 441 g/mol. The molecule has 1 spiro atoms. The predicted molar refractivity (Wildman–Crippen MR) is 113 cm³/mol. The summed E-state index contributed by atoms with van der Waals surface area (Å²) in [7, 11) is 0. The Morgan fingerprint density at radius 3 is 2.69 bits per heavy atom. The summed E-state index contributed by atoms with van der Waals surface area (Å²) in [4.78, 5) is 37.0. The van der Waals surface area contributed by atoms with E-state index in [1.165, 1.54) is 0 Å². The van der Waals surface area contributed by atoms with Gasteiger partial charge in [0, 0.05) is 17.8 Å². The Kier molecular flexibility index (Phi) is 4.31. The van der Waals surface area contributed by atoms with Gasteiger partial charge in [-0.1, -0.05) is 13.0 Å². The average molecular weight is 441 g/mol. The van der Waals surface area contributed by atoms with E-state index in [4.69, 9.17) is 9.84 Å². The number of rotatable bonds is 5. The van der Waals surface area contributed by atoms with Crippen LogP contribution < -0.4 is 5.32 Å². The smallest absolute Gasteiger partial charge is 0.339 e. The van der Waals surface area contributed by atoms with Gasteiger partial charge in [-0.15, -0.1) is 0 Å². The van der Waals surface area contributed by atoms with Crippen LogP contribution in [0.15, 0.2) is 24.3 Å². The number of carbonyl (C=O) groups is 3. The summed E-state index contributed by atoms with van der Waals surface area (Å²) < 4.78 is 6.41. The molecule has 32 heavy (non-hydrogen) atoms. The van der Waals surface area contributed by atoms with E-state index in [2.05, 4.69) is 18.3 Å². The second kappa shape index (κ2) is 6.57. The van der Waals surface area contributed by atoms with E-state index in [0.29, 0.717) is 5.92 Å². The maximum absolute atomic E-state index is 13.1. The van der Waals surface area contributed by atoms with E-state index < -0.39 is 34.4 Å². The summed E-state index contributed by atoms with van der Waals surface area (Å²) in [6, 6.07) is 2.16. The molecule has 6 rings (SSSR count). The highest BCUT2D eigenvalue weighted by atomic mass is 16.5. The number of hydrogen-bond acceptors (Lipinski definition) is 6. The highest BCUT2D eigenvalue weighted by molar-refractivity contribution is 6.00. The minimum absolute atomic E-state index is 0.00395. The van der Waals surface area contributed by atoms with Gasteiger partial charge in [0.25, 0.3) is 0 Å². The van der Waals surface area contributed by atoms with Gasteiger partial charge >= 0.3 is 5.97 Å². The van der Waals surface area contributed by atoms with Gasteiger partial charge in [0.15, 0.2) is 11.5 Å². The molecule has 0 radical (unpaired) electrons. The normalized spacial score (nSPS) is 38.7. The molecule has 1 amide bonds. The molecule has 2 saturated carbocycles. The molecule has 8 nitrogen and oxygen atoms in total. The van der Waals surface area contributed by atoms with Gasteiger partial charge in [0.1, 0.15) is 17.0 Å². The molecule has 5 aliphatic rings. The third-order valence-electron chi connectivity index (χ3n) is 8.44. The summed E-state index contributed by atoms with van der Waals surface area (Å²) in [6.07, 6.45) is 6.86. The molecule has 5 unspecified atom stereocenters. The Hall–Kier alpha value is -2.87. The van der Waals surface area contributed by atoms with Crippen LogP contribution in [0.3, 0.4) is 0 Å². The van der Waals surface area contributed by atoms with Gasteiger partial charge in [-0.05, 0) is 62.1 Å². The van der Waals surface area contributed by atoms with E-state index in [0.717, 1.165) is 31.4 Å². The second-order valence-electron chi connectivity index (χ2n) is 10.3. The maximum Gasteiger partial charge on any atom is 0.339 e. The Labute approximate surface area is 185 Å². The number of nitrogens with one attached hydrogen (secondary N) is 1. The number of carboxylic acid groups (broad SMARTS) is 1. The van der Waals surface area contributed by atoms with Gasteiger partial charge in [0.2, 0.25) is 5.91 Å². The molecular formula is C24H27NO7. The number of allylic oxidation sites excluding steroid dienone is 2. The molecule has 4 N–H and O–H groups in total. The zero-order chi connectivity index (χ0) is 23.1. The van der Waals surface area contributed by atoms with E-state index in [-0.39, 0.29) is 47.4 Å². The van der Waals surface area contributed by atoms with Crippen molar-refractivity contribution in [2.75, 3.05) is 5.32 Å². The Morgan fingerprint density at radius 2 is 2.00 bits per heavy atom. The van der Waals surface area contributed by atoms with Gasteiger partial charge < -0.3 is 25.4 Å². The number of benzene rings is 1. The lowest BCUT2D eigenvalue weighted by Gasteiger charge is -2.55. The molecule has 1 aromatic carbocycles. The fraction of sp³-hybridized carbons (Fsp3) is 0.542. The first-order valence-electron chi connectivity index (χ1n) is 11.0. The maximum atomic E-state index is 13.1. The molecule has 4 fully saturated rings. The number of aromatic carboxylic acids is 1. The van der Waals surface area contributed by atoms with Crippen LogP contribution in [0.5, 0.6) is 11.5 Å². The van der Waals surface area contributed by atoms with Crippen LogP contribution in [-0.4, -0.2) is 44.7 Å². The number of ether oxygens (including phenoxy) is 1. The lowest BCUT2D eigenvalue weighted by atomic mass is 9.51. The third-order valence-corrected chi connectivity index (χ3v) is 8.44. The molecule has 1 aromatic rings. The molecule has 2 heterocycles. The zero-order valence-corrected chi connectivity index (χ0v) is 18.1. The molecule has 170 valence electrons. The minimum Gasteiger partial charge on any atom is -0.506 e. The lowest BCUT2D eigenvalue weighted by Crippen LogP contribution is -2.56. The highest BCUT2D eigenvalue weighted by Crippen LogP contribution is 2.71. The van der Waals surface area contributed by atoms with Crippen molar-refractivity contribution in [1.82, 2.24) is 0 Å². The van der Waals surface area contributed by atoms with Crippen molar-refractivity contribution in [2.45, 2.75) is 57.7 Å². The first kappa shape index (κ1) is 21.0. The van der Waals surface area contributed by atoms with Crippen LogP contribution in [0.2, 0.25) is 0 Å². The largest absolute Gasteiger partial charge is 0.506 e. The Bertz CT molecular complexity index is 1080. The molecule has 8 heteroatoms. The predicted octanol–water partition coefficient (Wildman–Crippen LogP) is 3.23. The topological polar surface area (TPSA) is 133 Å². The van der Waals surface area contributed by atoms with Crippen molar-refractivity contribution in [3.63, 3.8) is 0 Å². The molecule has 6 atom stereocenters. The summed E-state index contributed by atoms with van der Waals surface area (Å²) in [5.74, 6) is -2.55. The molecule has 4 bridgehead atoms. The molecule has 3 aliphatic carbocycles. The quantitative estimate of drug-likeness (QED) is 0.516. The van der Waals surface area contributed by atoms with Crippen LogP contribution in [0.4, 0.5) is 5.69 Å². The van der Waals surface area contributed by atoms with Crippen molar-refractivity contribution in [2.24, 2.45) is 22.7 Å². The van der Waals surface area contributed by atoms with Gasteiger partial charge in [-0.2, -0.15) is 0 Å². The number of ketones is 1. The fourth-order valence-corrected chi connectivity index (χ4v) is 7.09. The van der Waals surface area contributed by atoms with Crippen molar-refractivity contribution < 1.29 is 34.4 Å². The number of carboxylic acids is 1. The standard InChI is InChI=1S/C24H27NO7/c1-22(7-6-17(28)25-18-14(26)4-3-13(19(18)29)21(30)31)16(27)5-8-24-10-12-9-15(20(22)24)32-23(12,2)11-24/h3-5,8,12,15,20,26,29H,6-7,9-11H2,1-2H3,(H,25,28)(H,30,31)/t12?,15?,20?,22?,23?,24-/m0/s1. The number of carbonyl (C=O) groups excluding carboxylic acids is 2. The molecule has 2 aliphatic heterocycles. The van der Waals surface area contributed by atoms with E-state index in [9.17, 15) is 24.6 Å². The van der Waals surface area contributed by atoms with Crippen LogP contribution in [0, 0.1) is 22.7 Å². The Balaban J connectivity index is 1.36. The summed E-state index contributed by atoms with van der Waals surface area (Å²) in [5.41, 5.74) is -1.75. The van der Waals surface area contributed by atoms with Crippen molar-refractivity contribution in [3.05, 3.63) is 29.8 Å². The minimum atomic E-state index is -1.38. The van der Waals surface area contributed by atoms with E-state index in [1.54, 1.807) is 6.08 Å². The number of anilines is 1. The molecule has 0 aromatic heterocycles. The highest BCUT2D eigenvalue weighted by Gasteiger charge is 2.71. The van der Waals surface area contributed by atoms with Crippen LogP contribution in [0.1, 0.15) is 56.3 Å². The third kappa shape index (κ3) is 2.75. The van der Waals surface area contributed by atoms with Crippen molar-refractivity contribution in [1.29, 1.82) is 0 Å². The van der Waals surface area contributed by atoms with Crippen LogP contribution in [-0.2, 0) is 14.3 Å². The van der Waals surface area contributed by atoms with Gasteiger partial charge in [-0.3, -0.25) is 9.59 Å². The first-order valence-corrected chi connectivity index (χ1v) is 11.0. The second-order valence-corrected chi connectivity index (χ2v) is 10.3. The summed E-state index contributed by atoms with van der Waals surface area (Å²) in [6.45, 7) is 4.08. The average Bonchev–Trinajstić information content (AvgIpc) is 3.08. The summed E-state index contributed by atoms with van der Waals surface area (Å²) in [5, 5.41) is 31.7. The molecule has 2 saturated heterocycles. The number of phenolic OH excluding ortho intramolecular Hbond substituents is 1. The van der Waals surface area contributed by atoms with Gasteiger partial charge in [0.05, 0.1) is 11.7 Å². The summed E-state index contributed by atoms with van der Waals surface area (Å²) >= 11 is 0. The fourth-order valence-electron chi connectivity index (χ4n) is 7.09. The van der Waals surface area contributed by atoms with Crippen molar-refractivity contribution in [3.8, 4) is 11.5 Å². The number of hydrogen-bond donors (Lipinski definition) is 4. The van der Waals surface area contributed by atoms with Crippen LogP contribution >= 0.6 is 0 Å².